The van der Waals surface area contributed by atoms with Crippen LogP contribution in [0.15, 0.2) is 12.1 Å². The van der Waals surface area contributed by atoms with Crippen molar-refractivity contribution in [1.29, 1.82) is 0 Å². The molecule has 106 valence electrons. The third-order valence-corrected chi connectivity index (χ3v) is 2.45. The number of carbonyl (C=O) groups is 1. The van der Waals surface area contributed by atoms with Crippen LogP contribution in [0.3, 0.4) is 0 Å². The van der Waals surface area contributed by atoms with Crippen molar-refractivity contribution >= 4 is 11.7 Å². The molecule has 0 spiro atoms. The molecule has 0 aromatic carbocycles. The quantitative estimate of drug-likeness (QED) is 0.867. The van der Waals surface area contributed by atoms with E-state index < -0.39 is 25.0 Å². The fourth-order valence-corrected chi connectivity index (χ4v) is 1.45. The predicted octanol–water partition coefficient (Wildman–Crippen LogP) is 2.37. The van der Waals surface area contributed by atoms with E-state index in [1.165, 1.54) is 6.07 Å². The summed E-state index contributed by atoms with van der Waals surface area (Å²) in [7, 11) is 1.66. The van der Waals surface area contributed by atoms with Gasteiger partial charge in [-0.25, -0.2) is 4.98 Å². The third-order valence-electron chi connectivity index (χ3n) is 2.45. The number of rotatable bonds is 5. The van der Waals surface area contributed by atoms with Crippen molar-refractivity contribution < 1.29 is 18.0 Å². The van der Waals surface area contributed by atoms with E-state index in [2.05, 4.69) is 15.6 Å². The molecule has 0 aliphatic rings. The van der Waals surface area contributed by atoms with E-state index in [-0.39, 0.29) is 0 Å². The average molecular weight is 275 g/mol. The van der Waals surface area contributed by atoms with Gasteiger partial charge < -0.3 is 10.6 Å². The van der Waals surface area contributed by atoms with Crippen molar-refractivity contribution in [3.8, 4) is 0 Å². The van der Waals surface area contributed by atoms with E-state index in [9.17, 15) is 18.0 Å². The number of hydrogen-bond donors (Lipinski definition) is 2. The lowest BCUT2D eigenvalue weighted by molar-refractivity contribution is -0.132. The molecule has 0 saturated carbocycles. The minimum Gasteiger partial charge on any atom is -0.373 e. The minimum absolute atomic E-state index is 0.304. The Kier molecular flexibility index (Phi) is 5.14. The summed E-state index contributed by atoms with van der Waals surface area (Å²) in [5.74, 6) is -0.0156. The summed E-state index contributed by atoms with van der Waals surface area (Å²) in [5, 5.41) is 5.05. The van der Waals surface area contributed by atoms with Crippen LogP contribution in [0.25, 0.3) is 0 Å². The number of alkyl halides is 3. The van der Waals surface area contributed by atoms with Gasteiger partial charge in [0.1, 0.15) is 5.82 Å². The molecule has 0 atom stereocenters. The number of pyridine rings is 1. The predicted molar refractivity (Wildman–Crippen MR) is 66.2 cm³/mol. The molecule has 0 fully saturated rings. The van der Waals surface area contributed by atoms with Crippen LogP contribution in [-0.2, 0) is 6.42 Å². The minimum atomic E-state index is -4.27. The second kappa shape index (κ2) is 6.40. The highest BCUT2D eigenvalue weighted by atomic mass is 19.4. The first-order chi connectivity index (χ1) is 8.85. The topological polar surface area (TPSA) is 54.0 Å². The van der Waals surface area contributed by atoms with Crippen LogP contribution in [-0.4, -0.2) is 30.7 Å². The van der Waals surface area contributed by atoms with Gasteiger partial charge in [-0.2, -0.15) is 13.2 Å². The molecule has 0 aliphatic heterocycles. The van der Waals surface area contributed by atoms with Gasteiger partial charge in [0, 0.05) is 24.8 Å². The summed E-state index contributed by atoms with van der Waals surface area (Å²) in [6.07, 6.45) is -4.67. The number of nitrogens with one attached hydrogen (secondary N) is 2. The molecule has 1 rings (SSSR count). The first-order valence-corrected chi connectivity index (χ1v) is 5.89. The Hall–Kier alpha value is -1.79. The van der Waals surface area contributed by atoms with E-state index in [1.807, 2.05) is 6.92 Å². The van der Waals surface area contributed by atoms with Crippen LogP contribution in [0, 0.1) is 0 Å². The normalized spacial score (nSPS) is 11.2. The monoisotopic (exact) mass is 275 g/mol. The highest BCUT2D eigenvalue weighted by Gasteiger charge is 2.26. The number of aromatic nitrogens is 1. The van der Waals surface area contributed by atoms with Crippen LogP contribution >= 0.6 is 0 Å². The Labute approximate surface area is 109 Å². The van der Waals surface area contributed by atoms with Crippen LogP contribution < -0.4 is 10.6 Å². The first-order valence-electron chi connectivity index (χ1n) is 5.89. The summed E-state index contributed by atoms with van der Waals surface area (Å²) < 4.78 is 35.9. The second-order valence-corrected chi connectivity index (χ2v) is 3.96. The molecule has 0 unspecified atom stereocenters. The lowest BCUT2D eigenvalue weighted by Gasteiger charge is -2.10. The average Bonchev–Trinajstić information content (AvgIpc) is 2.36. The highest BCUT2D eigenvalue weighted by molar-refractivity contribution is 5.95. The molecular formula is C12H16F3N3O. The molecule has 1 amide bonds. The van der Waals surface area contributed by atoms with E-state index in [0.29, 0.717) is 23.5 Å². The Morgan fingerprint density at radius 1 is 1.37 bits per heavy atom. The molecule has 1 aromatic heterocycles. The maximum absolute atomic E-state index is 12.0. The zero-order chi connectivity index (χ0) is 14.5. The van der Waals surface area contributed by atoms with Crippen LogP contribution in [0.4, 0.5) is 19.0 Å². The largest absolute Gasteiger partial charge is 0.390 e. The molecule has 4 nitrogen and oxygen atoms in total. The third kappa shape index (κ3) is 5.15. The first kappa shape index (κ1) is 15.3. The molecule has 1 heterocycles. The number of hydrogen-bond acceptors (Lipinski definition) is 3. The summed E-state index contributed by atoms with van der Waals surface area (Å²) in [6.45, 7) is 1.45. The number of halogens is 3. The SMILES string of the molecule is CCc1cc(C(=O)NCCC(F)(F)F)cc(NC)n1. The zero-order valence-corrected chi connectivity index (χ0v) is 10.8. The molecule has 7 heteroatoms. The van der Waals surface area contributed by atoms with Crippen molar-refractivity contribution in [3.05, 3.63) is 23.4 Å². The maximum Gasteiger partial charge on any atom is 0.390 e. The van der Waals surface area contributed by atoms with Crippen LogP contribution in [0.5, 0.6) is 0 Å². The van der Waals surface area contributed by atoms with Gasteiger partial charge >= 0.3 is 6.18 Å². The molecule has 0 radical (unpaired) electrons. The molecule has 19 heavy (non-hydrogen) atoms. The van der Waals surface area contributed by atoms with Crippen molar-refractivity contribution in [2.24, 2.45) is 0 Å². The summed E-state index contributed by atoms with van der Waals surface area (Å²) in [5.41, 5.74) is 1.01. The fourth-order valence-electron chi connectivity index (χ4n) is 1.45. The van der Waals surface area contributed by atoms with E-state index in [0.717, 1.165) is 0 Å². The lowest BCUT2D eigenvalue weighted by Crippen LogP contribution is -2.28. The number of aryl methyl sites for hydroxylation is 1. The van der Waals surface area contributed by atoms with Gasteiger partial charge in [-0.05, 0) is 18.6 Å². The number of carbonyl (C=O) groups excluding carboxylic acids is 1. The maximum atomic E-state index is 12.0. The van der Waals surface area contributed by atoms with Gasteiger partial charge in [0.2, 0.25) is 0 Å². The molecule has 1 aromatic rings. The summed E-state index contributed by atoms with van der Waals surface area (Å²) in [6, 6.07) is 3.08. The standard InChI is InChI=1S/C12H16F3N3O/c1-3-9-6-8(7-10(16-2)18-9)11(19)17-5-4-12(13,14)15/h6-7H,3-5H2,1-2H3,(H,16,18)(H,17,19). The molecule has 0 saturated heterocycles. The number of anilines is 1. The summed E-state index contributed by atoms with van der Waals surface area (Å²) >= 11 is 0. The van der Waals surface area contributed by atoms with Gasteiger partial charge in [0.05, 0.1) is 6.42 Å². The Bertz CT molecular complexity index is 424. The molecule has 2 N–H and O–H groups in total. The number of nitrogens with zero attached hydrogens (tertiary/aromatic N) is 1. The van der Waals surface area contributed by atoms with Gasteiger partial charge in [0.15, 0.2) is 0 Å². The van der Waals surface area contributed by atoms with Gasteiger partial charge in [0.25, 0.3) is 5.91 Å². The van der Waals surface area contributed by atoms with Crippen molar-refractivity contribution in [2.75, 3.05) is 18.9 Å². The highest BCUT2D eigenvalue weighted by Crippen LogP contribution is 2.18. The van der Waals surface area contributed by atoms with Crippen LogP contribution in [0.1, 0.15) is 29.4 Å². The van der Waals surface area contributed by atoms with Crippen molar-refractivity contribution in [2.45, 2.75) is 25.9 Å². The van der Waals surface area contributed by atoms with E-state index in [4.69, 9.17) is 0 Å². The number of amides is 1. The Balaban J connectivity index is 2.71. The van der Waals surface area contributed by atoms with E-state index >= 15 is 0 Å². The molecule has 0 aliphatic carbocycles. The van der Waals surface area contributed by atoms with Gasteiger partial charge in [-0.3, -0.25) is 4.79 Å². The van der Waals surface area contributed by atoms with Gasteiger partial charge in [-0.1, -0.05) is 6.92 Å². The van der Waals surface area contributed by atoms with Gasteiger partial charge in [-0.15, -0.1) is 0 Å². The Morgan fingerprint density at radius 3 is 2.58 bits per heavy atom. The fraction of sp³-hybridized carbons (Fsp3) is 0.500. The summed E-state index contributed by atoms with van der Waals surface area (Å²) in [4.78, 5) is 15.9. The second-order valence-electron chi connectivity index (χ2n) is 3.96. The van der Waals surface area contributed by atoms with Crippen LogP contribution in [0.2, 0.25) is 0 Å². The lowest BCUT2D eigenvalue weighted by atomic mass is 10.2. The zero-order valence-electron chi connectivity index (χ0n) is 10.8. The molecular weight excluding hydrogens is 259 g/mol. The Morgan fingerprint density at radius 2 is 2.05 bits per heavy atom. The smallest absolute Gasteiger partial charge is 0.373 e. The van der Waals surface area contributed by atoms with Crippen molar-refractivity contribution in [1.82, 2.24) is 10.3 Å². The van der Waals surface area contributed by atoms with E-state index in [1.54, 1.807) is 13.1 Å². The molecule has 0 bridgehead atoms. The van der Waals surface area contributed by atoms with Crippen molar-refractivity contribution in [3.63, 3.8) is 0 Å².